The lowest BCUT2D eigenvalue weighted by molar-refractivity contribution is -0.116. The molecule has 0 bridgehead atoms. The fourth-order valence-corrected chi connectivity index (χ4v) is 2.89. The van der Waals surface area contributed by atoms with Crippen LogP contribution in [0.3, 0.4) is 0 Å². The zero-order chi connectivity index (χ0) is 18.1. The number of amides is 3. The molecule has 0 aliphatic carbocycles. The molecule has 0 saturated heterocycles. The molecule has 25 heavy (non-hydrogen) atoms. The molecule has 1 aliphatic rings. The molecule has 0 atom stereocenters. The average Bonchev–Trinajstić information content (AvgIpc) is 2.80. The molecule has 7 heteroatoms. The third kappa shape index (κ3) is 3.21. The number of nitrogens with one attached hydrogen (secondary N) is 1. The first-order valence-corrected chi connectivity index (χ1v) is 7.98. The van der Waals surface area contributed by atoms with Crippen LogP contribution in [0.15, 0.2) is 42.5 Å². The van der Waals surface area contributed by atoms with E-state index in [9.17, 15) is 14.4 Å². The van der Waals surface area contributed by atoms with Gasteiger partial charge in [0.05, 0.1) is 22.5 Å². The van der Waals surface area contributed by atoms with E-state index in [1.54, 1.807) is 42.5 Å². The van der Waals surface area contributed by atoms with Crippen molar-refractivity contribution in [3.8, 4) is 0 Å². The zero-order valence-corrected chi connectivity index (χ0v) is 14.5. The molecule has 1 heterocycles. The fraction of sp³-hybridized carbons (Fsp3) is 0.167. The van der Waals surface area contributed by atoms with Crippen molar-refractivity contribution in [2.75, 3.05) is 30.9 Å². The van der Waals surface area contributed by atoms with Crippen molar-refractivity contribution in [2.24, 2.45) is 0 Å². The predicted molar refractivity (Wildman–Crippen MR) is 96.2 cm³/mol. The molecule has 128 valence electrons. The molecule has 1 N–H and O–H groups in total. The van der Waals surface area contributed by atoms with Gasteiger partial charge in [-0.15, -0.1) is 0 Å². The number of rotatable bonds is 4. The summed E-state index contributed by atoms with van der Waals surface area (Å²) in [5.41, 5.74) is 1.91. The first kappa shape index (κ1) is 17.0. The van der Waals surface area contributed by atoms with Gasteiger partial charge in [-0.05, 0) is 30.3 Å². The SMILES string of the molecule is CN(C)c1ccc(Cl)cc1NC(=O)CN1C(=O)c2ccccc2C1=O. The number of hydrogen-bond donors (Lipinski definition) is 1. The smallest absolute Gasteiger partial charge is 0.262 e. The third-order valence-corrected chi connectivity index (χ3v) is 4.13. The minimum absolute atomic E-state index is 0.317. The summed E-state index contributed by atoms with van der Waals surface area (Å²) < 4.78 is 0. The predicted octanol–water partition coefficient (Wildman–Crippen LogP) is 2.64. The molecule has 0 aromatic heterocycles. The van der Waals surface area contributed by atoms with E-state index in [0.717, 1.165) is 10.6 Å². The van der Waals surface area contributed by atoms with Gasteiger partial charge in [-0.3, -0.25) is 19.3 Å². The monoisotopic (exact) mass is 357 g/mol. The molecule has 0 saturated carbocycles. The molecule has 0 unspecified atom stereocenters. The van der Waals surface area contributed by atoms with E-state index in [2.05, 4.69) is 5.32 Å². The molecule has 3 amide bonds. The normalized spacial score (nSPS) is 13.0. The van der Waals surface area contributed by atoms with E-state index in [1.807, 2.05) is 19.0 Å². The summed E-state index contributed by atoms with van der Waals surface area (Å²) >= 11 is 5.99. The molecule has 2 aromatic carbocycles. The summed E-state index contributed by atoms with van der Waals surface area (Å²) in [5.74, 6) is -1.40. The van der Waals surface area contributed by atoms with Crippen molar-refractivity contribution in [1.29, 1.82) is 0 Å². The maximum absolute atomic E-state index is 12.4. The lowest BCUT2D eigenvalue weighted by atomic mass is 10.1. The highest BCUT2D eigenvalue weighted by molar-refractivity contribution is 6.31. The van der Waals surface area contributed by atoms with Crippen LogP contribution in [0.5, 0.6) is 0 Å². The maximum atomic E-state index is 12.4. The highest BCUT2D eigenvalue weighted by Crippen LogP contribution is 2.28. The minimum Gasteiger partial charge on any atom is -0.376 e. The summed E-state index contributed by atoms with van der Waals surface area (Å²) in [6, 6.07) is 11.6. The summed E-state index contributed by atoms with van der Waals surface area (Å²) in [6.45, 7) is -0.355. The number of benzene rings is 2. The van der Waals surface area contributed by atoms with Crippen molar-refractivity contribution in [3.05, 3.63) is 58.6 Å². The molecular formula is C18H16ClN3O3. The Morgan fingerprint density at radius 1 is 1.08 bits per heavy atom. The van der Waals surface area contributed by atoms with Crippen LogP contribution in [-0.4, -0.2) is 43.3 Å². The van der Waals surface area contributed by atoms with Gasteiger partial charge in [-0.1, -0.05) is 23.7 Å². The summed E-state index contributed by atoms with van der Waals surface area (Å²) in [7, 11) is 3.67. The molecule has 3 rings (SSSR count). The lowest BCUT2D eigenvalue weighted by Gasteiger charge is -2.19. The fourth-order valence-electron chi connectivity index (χ4n) is 2.71. The summed E-state index contributed by atoms with van der Waals surface area (Å²) in [6.07, 6.45) is 0. The van der Waals surface area contributed by atoms with E-state index < -0.39 is 17.7 Å². The summed E-state index contributed by atoms with van der Waals surface area (Å²) in [5, 5.41) is 3.19. The number of anilines is 2. The topological polar surface area (TPSA) is 69.7 Å². The van der Waals surface area contributed by atoms with Crippen LogP contribution in [0.25, 0.3) is 0 Å². The van der Waals surface area contributed by atoms with Gasteiger partial charge in [0.15, 0.2) is 0 Å². The standard InChI is InChI=1S/C18H16ClN3O3/c1-21(2)15-8-7-11(19)9-14(15)20-16(23)10-22-17(24)12-5-3-4-6-13(12)18(22)25/h3-9H,10H2,1-2H3,(H,20,23). The third-order valence-electron chi connectivity index (χ3n) is 3.89. The quantitative estimate of drug-likeness (QED) is 0.854. The Bertz CT molecular complexity index is 845. The van der Waals surface area contributed by atoms with Crippen molar-refractivity contribution < 1.29 is 14.4 Å². The van der Waals surface area contributed by atoms with Gasteiger partial charge in [0, 0.05) is 19.1 Å². The van der Waals surface area contributed by atoms with Gasteiger partial charge in [-0.2, -0.15) is 0 Å². The summed E-state index contributed by atoms with van der Waals surface area (Å²) in [4.78, 5) is 39.8. The number of fused-ring (bicyclic) bond motifs is 1. The Hall–Kier alpha value is -2.86. The second-order valence-electron chi connectivity index (χ2n) is 5.85. The molecule has 2 aromatic rings. The van der Waals surface area contributed by atoms with Crippen LogP contribution >= 0.6 is 11.6 Å². The Labute approximate surface area is 150 Å². The Morgan fingerprint density at radius 3 is 2.24 bits per heavy atom. The van der Waals surface area contributed by atoms with Crippen molar-refractivity contribution in [3.63, 3.8) is 0 Å². The van der Waals surface area contributed by atoms with Crippen LogP contribution in [0.1, 0.15) is 20.7 Å². The molecule has 1 aliphatic heterocycles. The van der Waals surface area contributed by atoms with Gasteiger partial charge in [0.2, 0.25) is 5.91 Å². The average molecular weight is 358 g/mol. The number of carbonyl (C=O) groups excluding carboxylic acids is 3. The number of hydrogen-bond acceptors (Lipinski definition) is 4. The van der Waals surface area contributed by atoms with Crippen LogP contribution < -0.4 is 10.2 Å². The Balaban J connectivity index is 1.78. The number of carbonyl (C=O) groups is 3. The first-order chi connectivity index (χ1) is 11.9. The molecule has 0 fully saturated rings. The van der Waals surface area contributed by atoms with Gasteiger partial charge < -0.3 is 10.2 Å². The van der Waals surface area contributed by atoms with Gasteiger partial charge in [0.25, 0.3) is 11.8 Å². The lowest BCUT2D eigenvalue weighted by Crippen LogP contribution is -2.37. The number of imide groups is 1. The van der Waals surface area contributed by atoms with E-state index in [-0.39, 0.29) is 6.54 Å². The van der Waals surface area contributed by atoms with Crippen LogP contribution in [0.4, 0.5) is 11.4 Å². The van der Waals surface area contributed by atoms with Crippen LogP contribution in [-0.2, 0) is 4.79 Å². The van der Waals surface area contributed by atoms with Gasteiger partial charge >= 0.3 is 0 Å². The van der Waals surface area contributed by atoms with Crippen LogP contribution in [0.2, 0.25) is 5.02 Å². The molecule has 0 spiro atoms. The first-order valence-electron chi connectivity index (χ1n) is 7.60. The maximum Gasteiger partial charge on any atom is 0.262 e. The van der Waals surface area contributed by atoms with Gasteiger partial charge in [-0.25, -0.2) is 0 Å². The Kier molecular flexibility index (Phi) is 4.46. The zero-order valence-electron chi connectivity index (χ0n) is 13.7. The molecule has 6 nitrogen and oxygen atoms in total. The second-order valence-corrected chi connectivity index (χ2v) is 6.28. The van der Waals surface area contributed by atoms with Crippen molar-refractivity contribution >= 4 is 40.7 Å². The minimum atomic E-state index is -0.472. The van der Waals surface area contributed by atoms with E-state index in [0.29, 0.717) is 21.8 Å². The van der Waals surface area contributed by atoms with E-state index >= 15 is 0 Å². The Morgan fingerprint density at radius 2 is 1.68 bits per heavy atom. The van der Waals surface area contributed by atoms with Crippen molar-refractivity contribution in [1.82, 2.24) is 4.90 Å². The van der Waals surface area contributed by atoms with E-state index in [4.69, 9.17) is 11.6 Å². The van der Waals surface area contributed by atoms with E-state index in [1.165, 1.54) is 0 Å². The van der Waals surface area contributed by atoms with Gasteiger partial charge in [0.1, 0.15) is 6.54 Å². The van der Waals surface area contributed by atoms with Crippen molar-refractivity contribution in [2.45, 2.75) is 0 Å². The largest absolute Gasteiger partial charge is 0.376 e. The number of nitrogens with zero attached hydrogens (tertiary/aromatic N) is 2. The highest BCUT2D eigenvalue weighted by Gasteiger charge is 2.36. The molecular weight excluding hydrogens is 342 g/mol. The number of halogens is 1. The molecule has 0 radical (unpaired) electrons. The van der Waals surface area contributed by atoms with Crippen LogP contribution in [0, 0.1) is 0 Å². The second kappa shape index (κ2) is 6.57. The highest BCUT2D eigenvalue weighted by atomic mass is 35.5.